The van der Waals surface area contributed by atoms with Crippen LogP contribution in [0.25, 0.3) is 0 Å². The van der Waals surface area contributed by atoms with Crippen molar-refractivity contribution in [3.63, 3.8) is 0 Å². The summed E-state index contributed by atoms with van der Waals surface area (Å²) in [6.45, 7) is 7.19. The summed E-state index contributed by atoms with van der Waals surface area (Å²) in [7, 11) is 1.93. The van der Waals surface area contributed by atoms with Crippen LogP contribution in [0.3, 0.4) is 0 Å². The van der Waals surface area contributed by atoms with E-state index in [2.05, 4.69) is 45.8 Å². The molecule has 110 valence electrons. The van der Waals surface area contributed by atoms with E-state index in [9.17, 15) is 0 Å². The lowest BCUT2D eigenvalue weighted by Gasteiger charge is -2.08. The minimum absolute atomic E-state index is 0.349. The van der Waals surface area contributed by atoms with Crippen molar-refractivity contribution in [1.82, 2.24) is 25.0 Å². The van der Waals surface area contributed by atoms with Crippen LogP contribution in [-0.2, 0) is 19.4 Å². The number of nitrogens with zero attached hydrogens (tertiary/aromatic N) is 4. The van der Waals surface area contributed by atoms with Crippen LogP contribution < -0.4 is 5.32 Å². The average molecular weight is 277 g/mol. The maximum Gasteiger partial charge on any atom is 0.228 e. The van der Waals surface area contributed by atoms with E-state index in [4.69, 9.17) is 4.52 Å². The first kappa shape index (κ1) is 14.7. The Hall–Kier alpha value is -1.69. The largest absolute Gasteiger partial charge is 0.339 e. The number of nitrogens with one attached hydrogen (secondary N) is 1. The molecule has 0 aromatic carbocycles. The van der Waals surface area contributed by atoms with Crippen LogP contribution in [0.2, 0.25) is 0 Å². The van der Waals surface area contributed by atoms with E-state index in [-0.39, 0.29) is 0 Å². The number of imidazole rings is 1. The molecule has 20 heavy (non-hydrogen) atoms. The van der Waals surface area contributed by atoms with E-state index in [1.54, 1.807) is 0 Å². The lowest BCUT2D eigenvalue weighted by Crippen LogP contribution is -2.24. The average Bonchev–Trinajstić information content (AvgIpc) is 3.04. The molecule has 2 rings (SSSR count). The molecule has 2 aromatic heterocycles. The topological polar surface area (TPSA) is 68.8 Å². The zero-order valence-corrected chi connectivity index (χ0v) is 12.6. The number of aryl methyl sites for hydroxylation is 2. The zero-order valence-electron chi connectivity index (χ0n) is 12.6. The predicted molar refractivity (Wildman–Crippen MR) is 76.5 cm³/mol. The van der Waals surface area contributed by atoms with E-state index in [0.29, 0.717) is 17.9 Å². The molecule has 2 aromatic rings. The van der Waals surface area contributed by atoms with Gasteiger partial charge in [0.1, 0.15) is 5.82 Å². The standard InChI is InChI=1S/C14H23N5O/c1-10(2)14-16-6-8-19(14)7-5-13-17-12(18-20-13)9-11(3)15-4/h6,8,10-11,15H,5,7,9H2,1-4H3. The lowest BCUT2D eigenvalue weighted by molar-refractivity contribution is 0.364. The minimum Gasteiger partial charge on any atom is -0.339 e. The first-order chi connectivity index (χ1) is 9.60. The number of aromatic nitrogens is 4. The van der Waals surface area contributed by atoms with Gasteiger partial charge in [-0.1, -0.05) is 19.0 Å². The number of rotatable bonds is 7. The van der Waals surface area contributed by atoms with Crippen LogP contribution in [0.1, 0.15) is 44.2 Å². The maximum absolute atomic E-state index is 5.29. The van der Waals surface area contributed by atoms with Crippen molar-refractivity contribution in [2.24, 2.45) is 0 Å². The van der Waals surface area contributed by atoms with Gasteiger partial charge in [-0.2, -0.15) is 4.98 Å². The van der Waals surface area contributed by atoms with E-state index < -0.39 is 0 Å². The molecule has 0 fully saturated rings. The normalized spacial score (nSPS) is 13.1. The van der Waals surface area contributed by atoms with Gasteiger partial charge >= 0.3 is 0 Å². The van der Waals surface area contributed by atoms with E-state index in [1.807, 2.05) is 19.4 Å². The summed E-state index contributed by atoms with van der Waals surface area (Å²) >= 11 is 0. The minimum atomic E-state index is 0.349. The lowest BCUT2D eigenvalue weighted by atomic mass is 10.2. The Morgan fingerprint density at radius 3 is 2.85 bits per heavy atom. The van der Waals surface area contributed by atoms with Gasteiger partial charge in [-0.25, -0.2) is 4.98 Å². The molecule has 0 aliphatic rings. The fourth-order valence-corrected chi connectivity index (χ4v) is 2.08. The third-order valence-electron chi connectivity index (χ3n) is 3.32. The van der Waals surface area contributed by atoms with Gasteiger partial charge in [0.15, 0.2) is 5.82 Å². The molecule has 2 heterocycles. The van der Waals surface area contributed by atoms with Crippen molar-refractivity contribution < 1.29 is 4.52 Å². The van der Waals surface area contributed by atoms with Gasteiger partial charge in [-0.05, 0) is 14.0 Å². The van der Waals surface area contributed by atoms with Gasteiger partial charge in [-0.3, -0.25) is 0 Å². The molecule has 1 atom stereocenters. The molecule has 0 bridgehead atoms. The van der Waals surface area contributed by atoms with E-state index in [0.717, 1.165) is 31.0 Å². The Balaban J connectivity index is 1.92. The summed E-state index contributed by atoms with van der Waals surface area (Å²) in [6, 6.07) is 0.349. The predicted octanol–water partition coefficient (Wildman–Crippen LogP) is 1.78. The smallest absolute Gasteiger partial charge is 0.228 e. The fourth-order valence-electron chi connectivity index (χ4n) is 2.08. The molecule has 0 aliphatic heterocycles. The van der Waals surface area contributed by atoms with Gasteiger partial charge in [0.05, 0.1) is 0 Å². The van der Waals surface area contributed by atoms with Crippen molar-refractivity contribution in [1.29, 1.82) is 0 Å². The number of hydrogen-bond acceptors (Lipinski definition) is 5. The van der Waals surface area contributed by atoms with Gasteiger partial charge in [-0.15, -0.1) is 0 Å². The third-order valence-corrected chi connectivity index (χ3v) is 3.32. The molecule has 1 N–H and O–H groups in total. The van der Waals surface area contributed by atoms with E-state index >= 15 is 0 Å². The highest BCUT2D eigenvalue weighted by Gasteiger charge is 2.11. The Bertz CT molecular complexity index is 531. The molecular weight excluding hydrogens is 254 g/mol. The second-order valence-corrected chi connectivity index (χ2v) is 5.38. The summed E-state index contributed by atoms with van der Waals surface area (Å²) < 4.78 is 7.43. The monoisotopic (exact) mass is 277 g/mol. The first-order valence-corrected chi connectivity index (χ1v) is 7.10. The second-order valence-electron chi connectivity index (χ2n) is 5.38. The fraction of sp³-hybridized carbons (Fsp3) is 0.643. The Labute approximate surface area is 119 Å². The summed E-state index contributed by atoms with van der Waals surface area (Å²) in [5.41, 5.74) is 0. The zero-order chi connectivity index (χ0) is 14.5. The number of hydrogen-bond donors (Lipinski definition) is 1. The molecule has 6 heteroatoms. The maximum atomic E-state index is 5.29. The van der Waals surface area contributed by atoms with Crippen LogP contribution in [0.5, 0.6) is 0 Å². The van der Waals surface area contributed by atoms with Crippen LogP contribution >= 0.6 is 0 Å². The van der Waals surface area contributed by atoms with Crippen molar-refractivity contribution in [2.75, 3.05) is 7.05 Å². The van der Waals surface area contributed by atoms with Gasteiger partial charge in [0.2, 0.25) is 5.89 Å². The molecule has 0 saturated heterocycles. The first-order valence-electron chi connectivity index (χ1n) is 7.10. The molecule has 0 spiro atoms. The molecule has 6 nitrogen and oxygen atoms in total. The summed E-state index contributed by atoms with van der Waals surface area (Å²) in [4.78, 5) is 8.79. The quantitative estimate of drug-likeness (QED) is 0.835. The Kier molecular flexibility index (Phi) is 4.89. The SMILES string of the molecule is CNC(C)Cc1noc(CCn2ccnc2C(C)C)n1. The molecule has 0 saturated carbocycles. The highest BCUT2D eigenvalue weighted by atomic mass is 16.5. The van der Waals surface area contributed by atoms with Crippen molar-refractivity contribution in [3.05, 3.63) is 29.9 Å². The molecule has 1 unspecified atom stereocenters. The Morgan fingerprint density at radius 1 is 1.35 bits per heavy atom. The number of likely N-dealkylation sites (N-methyl/N-ethyl adjacent to an activating group) is 1. The third kappa shape index (κ3) is 3.66. The molecule has 0 aliphatic carbocycles. The van der Waals surface area contributed by atoms with Crippen LogP contribution in [0.15, 0.2) is 16.9 Å². The highest BCUT2D eigenvalue weighted by molar-refractivity contribution is 4.98. The van der Waals surface area contributed by atoms with Crippen molar-refractivity contribution in [3.8, 4) is 0 Å². The van der Waals surface area contributed by atoms with Crippen molar-refractivity contribution in [2.45, 2.75) is 52.1 Å². The van der Waals surface area contributed by atoms with Gasteiger partial charge in [0, 0.05) is 43.7 Å². The second kappa shape index (κ2) is 6.65. The molecule has 0 amide bonds. The van der Waals surface area contributed by atoms with Gasteiger partial charge in [0.25, 0.3) is 0 Å². The molecule has 0 radical (unpaired) electrons. The van der Waals surface area contributed by atoms with Crippen LogP contribution in [0.4, 0.5) is 0 Å². The summed E-state index contributed by atoms with van der Waals surface area (Å²) in [5.74, 6) is 2.96. The summed E-state index contributed by atoms with van der Waals surface area (Å²) in [5, 5.41) is 7.17. The molecular formula is C14H23N5O. The van der Waals surface area contributed by atoms with Gasteiger partial charge < -0.3 is 14.4 Å². The van der Waals surface area contributed by atoms with Crippen LogP contribution in [-0.4, -0.2) is 32.8 Å². The van der Waals surface area contributed by atoms with E-state index in [1.165, 1.54) is 0 Å². The summed E-state index contributed by atoms with van der Waals surface area (Å²) in [6.07, 6.45) is 5.35. The highest BCUT2D eigenvalue weighted by Crippen LogP contribution is 2.12. The van der Waals surface area contributed by atoms with Crippen molar-refractivity contribution >= 4 is 0 Å². The Morgan fingerprint density at radius 2 is 2.15 bits per heavy atom. The van der Waals surface area contributed by atoms with Crippen LogP contribution in [0, 0.1) is 0 Å².